The van der Waals surface area contributed by atoms with Gasteiger partial charge >= 0.3 is 0 Å². The molecule has 10 heteroatoms. The number of nitrogens with one attached hydrogen (secondary N) is 3. The van der Waals surface area contributed by atoms with Gasteiger partial charge in [-0.2, -0.15) is 0 Å². The zero-order chi connectivity index (χ0) is 23.7. The summed E-state index contributed by atoms with van der Waals surface area (Å²) in [6.07, 6.45) is 12.2. The van der Waals surface area contributed by atoms with Crippen molar-refractivity contribution in [3.8, 4) is 0 Å². The van der Waals surface area contributed by atoms with Crippen LogP contribution in [0.15, 0.2) is 35.0 Å². The summed E-state index contributed by atoms with van der Waals surface area (Å²) in [5, 5.41) is 19.9. The Balaban J connectivity index is 1.21. The molecule has 4 atom stereocenters. The second-order valence-electron chi connectivity index (χ2n) is 9.32. The number of β-amino-alcohol motifs (C(OH)–C–C–N with tert-alkyl or cyclic N) is 1. The Morgan fingerprint density at radius 2 is 1.97 bits per heavy atom. The summed E-state index contributed by atoms with van der Waals surface area (Å²) in [6, 6.07) is -0.204. The van der Waals surface area contributed by atoms with Gasteiger partial charge in [0.2, 0.25) is 0 Å². The largest absolute Gasteiger partial charge is 0.395 e. The number of aromatic nitrogens is 1. The lowest BCUT2D eigenvalue weighted by atomic mass is 9.90. The third-order valence-electron chi connectivity index (χ3n) is 6.97. The average molecular weight is 504 g/mol. The van der Waals surface area contributed by atoms with Crippen LogP contribution in [0, 0.1) is 5.92 Å². The van der Waals surface area contributed by atoms with Crippen molar-refractivity contribution in [2.24, 2.45) is 5.92 Å². The van der Waals surface area contributed by atoms with Crippen LogP contribution in [-0.4, -0.2) is 64.6 Å². The highest BCUT2D eigenvalue weighted by molar-refractivity contribution is 7.13. The fourth-order valence-corrected chi connectivity index (χ4v) is 6.43. The molecular formula is C24H30ClN5O3S. The van der Waals surface area contributed by atoms with E-state index in [1.165, 1.54) is 11.3 Å². The van der Waals surface area contributed by atoms with Crippen LogP contribution in [-0.2, 0) is 17.8 Å². The van der Waals surface area contributed by atoms with Gasteiger partial charge in [0.1, 0.15) is 0 Å². The first-order chi connectivity index (χ1) is 16.5. The first-order valence-electron chi connectivity index (χ1n) is 12.0. The summed E-state index contributed by atoms with van der Waals surface area (Å²) in [5.74, 6) is -0.245. The number of amides is 2. The van der Waals surface area contributed by atoms with Crippen LogP contribution in [0.3, 0.4) is 0 Å². The number of halogens is 1. The number of carbonyl (C=O) groups excluding carboxylic acids is 2. The molecule has 8 nitrogen and oxygen atoms in total. The highest BCUT2D eigenvalue weighted by Gasteiger charge is 2.33. The van der Waals surface area contributed by atoms with Crippen LogP contribution in [0.5, 0.6) is 0 Å². The van der Waals surface area contributed by atoms with Gasteiger partial charge in [0.05, 0.1) is 24.0 Å². The minimum Gasteiger partial charge on any atom is -0.395 e. The molecule has 4 aliphatic rings. The van der Waals surface area contributed by atoms with E-state index in [2.05, 4.69) is 25.8 Å². The molecule has 2 amide bonds. The standard InChI is InChI=1S/C24H30ClN5O3S/c25-15-5-6-16-14(11-15)12-20(26-16)22(32)27-17-3-1-2-4-18(17)28-23(33)24-29-19-7-8-30(9-10-31)13-21(19)34-24/h5-6,11-12,14,16-18,26,31H,1-4,7-10,13H2,(H,27,32)(H,28,33)/t14?,16?,17-,18+/m0/s1. The molecule has 2 aliphatic carbocycles. The molecule has 0 saturated heterocycles. The van der Waals surface area contributed by atoms with Crippen molar-refractivity contribution in [1.29, 1.82) is 0 Å². The Bertz CT molecular complexity index is 1050. The number of aliphatic hydroxyl groups is 1. The Labute approximate surface area is 208 Å². The molecule has 2 unspecified atom stereocenters. The number of thiazole rings is 1. The SMILES string of the molecule is O=C(N[C@H]1CCCC[C@H]1NC(=O)c1nc2c(s1)CN(CCO)CC2)C1=CC2C=C(Cl)C=CC2N1. The third-order valence-corrected chi connectivity index (χ3v) is 8.31. The molecule has 1 aromatic rings. The van der Waals surface area contributed by atoms with Gasteiger partial charge in [0, 0.05) is 54.0 Å². The van der Waals surface area contributed by atoms with Crippen LogP contribution in [0.25, 0.3) is 0 Å². The van der Waals surface area contributed by atoms with Gasteiger partial charge in [0.15, 0.2) is 5.01 Å². The van der Waals surface area contributed by atoms with Crippen LogP contribution in [0.2, 0.25) is 0 Å². The van der Waals surface area contributed by atoms with E-state index in [1.54, 1.807) is 0 Å². The lowest BCUT2D eigenvalue weighted by Crippen LogP contribution is -2.54. The van der Waals surface area contributed by atoms with Gasteiger partial charge in [-0.1, -0.05) is 36.6 Å². The number of hydrogen-bond donors (Lipinski definition) is 4. The molecule has 0 aromatic carbocycles. The molecule has 1 fully saturated rings. The maximum Gasteiger partial charge on any atom is 0.280 e. The van der Waals surface area contributed by atoms with E-state index >= 15 is 0 Å². The molecule has 0 spiro atoms. The fourth-order valence-electron chi connectivity index (χ4n) is 5.15. The molecule has 2 aliphatic heterocycles. The van der Waals surface area contributed by atoms with Crippen molar-refractivity contribution in [2.75, 3.05) is 19.7 Å². The topological polar surface area (TPSA) is 107 Å². The Hall–Kier alpha value is -2.20. The average Bonchev–Trinajstić information content (AvgIpc) is 3.44. The first-order valence-corrected chi connectivity index (χ1v) is 13.2. The van der Waals surface area contributed by atoms with Crippen LogP contribution in [0.1, 0.15) is 46.1 Å². The number of nitrogens with zero attached hydrogens (tertiary/aromatic N) is 2. The summed E-state index contributed by atoms with van der Waals surface area (Å²) in [6.45, 7) is 2.33. The van der Waals surface area contributed by atoms with Gasteiger partial charge in [-0.15, -0.1) is 11.3 Å². The summed E-state index contributed by atoms with van der Waals surface area (Å²) >= 11 is 7.53. The molecule has 1 aromatic heterocycles. The maximum atomic E-state index is 13.0. The summed E-state index contributed by atoms with van der Waals surface area (Å²) in [7, 11) is 0. The second kappa shape index (κ2) is 10.2. The fraction of sp³-hybridized carbons (Fsp3) is 0.542. The number of hydrogen-bond acceptors (Lipinski definition) is 7. The molecule has 3 heterocycles. The van der Waals surface area contributed by atoms with Crippen molar-refractivity contribution in [2.45, 2.75) is 56.8 Å². The molecule has 4 N–H and O–H groups in total. The molecule has 1 saturated carbocycles. The zero-order valence-electron chi connectivity index (χ0n) is 18.9. The molecule has 182 valence electrons. The minimum atomic E-state index is -0.173. The lowest BCUT2D eigenvalue weighted by Gasteiger charge is -2.32. The van der Waals surface area contributed by atoms with E-state index in [0.717, 1.165) is 55.8 Å². The smallest absolute Gasteiger partial charge is 0.280 e. The van der Waals surface area contributed by atoms with Gasteiger partial charge in [-0.05, 0) is 25.0 Å². The van der Waals surface area contributed by atoms with Crippen LogP contribution < -0.4 is 16.0 Å². The van der Waals surface area contributed by atoms with E-state index in [0.29, 0.717) is 22.3 Å². The second-order valence-corrected chi connectivity index (χ2v) is 10.8. The molecule has 5 rings (SSSR count). The van der Waals surface area contributed by atoms with E-state index in [9.17, 15) is 14.7 Å². The molecular weight excluding hydrogens is 474 g/mol. The summed E-state index contributed by atoms with van der Waals surface area (Å²) in [4.78, 5) is 33.9. The van der Waals surface area contributed by atoms with Crippen LogP contribution >= 0.6 is 22.9 Å². The molecule has 0 bridgehead atoms. The normalized spacial score (nSPS) is 28.3. The van der Waals surface area contributed by atoms with Gasteiger partial charge in [0.25, 0.3) is 11.8 Å². The van der Waals surface area contributed by atoms with Crippen molar-refractivity contribution in [3.63, 3.8) is 0 Å². The third kappa shape index (κ3) is 5.07. The number of allylic oxidation sites excluding steroid dienone is 2. The molecule has 0 radical (unpaired) electrons. The first kappa shape index (κ1) is 23.5. The number of aliphatic hydroxyl groups excluding tert-OH is 1. The predicted molar refractivity (Wildman–Crippen MR) is 131 cm³/mol. The number of rotatable bonds is 6. The number of fused-ring (bicyclic) bond motifs is 2. The van der Waals surface area contributed by atoms with E-state index in [4.69, 9.17) is 11.6 Å². The zero-order valence-corrected chi connectivity index (χ0v) is 20.5. The van der Waals surface area contributed by atoms with Gasteiger partial charge in [-0.25, -0.2) is 4.98 Å². The maximum absolute atomic E-state index is 13.0. The Morgan fingerprint density at radius 3 is 2.74 bits per heavy atom. The van der Waals surface area contributed by atoms with Crippen molar-refractivity contribution >= 4 is 34.8 Å². The Morgan fingerprint density at radius 1 is 1.21 bits per heavy atom. The minimum absolute atomic E-state index is 0.0503. The summed E-state index contributed by atoms with van der Waals surface area (Å²) in [5.41, 5.74) is 1.54. The van der Waals surface area contributed by atoms with Crippen molar-refractivity contribution < 1.29 is 14.7 Å². The van der Waals surface area contributed by atoms with Crippen molar-refractivity contribution in [1.82, 2.24) is 25.8 Å². The van der Waals surface area contributed by atoms with E-state index in [-0.39, 0.29) is 42.5 Å². The quantitative estimate of drug-likeness (QED) is 0.472. The van der Waals surface area contributed by atoms with Gasteiger partial charge in [-0.3, -0.25) is 14.5 Å². The molecule has 34 heavy (non-hydrogen) atoms. The van der Waals surface area contributed by atoms with Crippen molar-refractivity contribution in [3.05, 3.63) is 50.6 Å². The lowest BCUT2D eigenvalue weighted by molar-refractivity contribution is -0.118. The predicted octanol–water partition coefficient (Wildman–Crippen LogP) is 1.82. The van der Waals surface area contributed by atoms with E-state index < -0.39 is 0 Å². The number of carbonyl (C=O) groups is 2. The highest BCUT2D eigenvalue weighted by atomic mass is 35.5. The van der Waals surface area contributed by atoms with Gasteiger partial charge < -0.3 is 21.1 Å². The van der Waals surface area contributed by atoms with Crippen LogP contribution in [0.4, 0.5) is 0 Å². The highest BCUT2D eigenvalue weighted by Crippen LogP contribution is 2.28. The monoisotopic (exact) mass is 503 g/mol. The van der Waals surface area contributed by atoms with E-state index in [1.807, 2.05) is 24.3 Å². The summed E-state index contributed by atoms with van der Waals surface area (Å²) < 4.78 is 0. The Kier molecular flexibility index (Phi) is 7.06.